The Hall–Kier alpha value is -2.23. The number of nitrogens with zero attached hydrogens (tertiary/aromatic N) is 2. The highest BCUT2D eigenvalue weighted by molar-refractivity contribution is 5.93. The van der Waals surface area contributed by atoms with Gasteiger partial charge in [0.25, 0.3) is 0 Å². The summed E-state index contributed by atoms with van der Waals surface area (Å²) in [6.07, 6.45) is 3.25. The highest BCUT2D eigenvalue weighted by Gasteiger charge is 2.32. The topological polar surface area (TPSA) is 33.2 Å². The van der Waals surface area contributed by atoms with Crippen molar-refractivity contribution in [2.45, 2.75) is 26.7 Å². The van der Waals surface area contributed by atoms with Gasteiger partial charge >= 0.3 is 0 Å². The first kappa shape index (κ1) is 14.7. The Morgan fingerprint density at radius 2 is 1.77 bits per heavy atom. The minimum atomic E-state index is -0.255. The van der Waals surface area contributed by atoms with Gasteiger partial charge in [-0.25, -0.2) is 9.37 Å². The summed E-state index contributed by atoms with van der Waals surface area (Å²) in [6.45, 7) is 4.94. The molecule has 0 aliphatic carbocycles. The fourth-order valence-corrected chi connectivity index (χ4v) is 2.73. The quantitative estimate of drug-likeness (QED) is 0.838. The largest absolute Gasteiger partial charge is 0.297 e. The number of benzene rings is 1. The average molecular weight is 298 g/mol. The molecule has 4 heteroatoms. The van der Waals surface area contributed by atoms with Crippen LogP contribution in [0.2, 0.25) is 0 Å². The summed E-state index contributed by atoms with van der Waals surface area (Å²) in [7, 11) is 0. The summed E-state index contributed by atoms with van der Waals surface area (Å²) in [5.41, 5.74) is 1.89. The SMILES string of the molecule is CC1(C)CCN(c2ccc(-c3ccc(F)cc3)cn2)C(=O)C1. The van der Waals surface area contributed by atoms with E-state index in [1.54, 1.807) is 23.2 Å². The van der Waals surface area contributed by atoms with Crippen molar-refractivity contribution in [1.29, 1.82) is 0 Å². The third kappa shape index (κ3) is 3.01. The lowest BCUT2D eigenvalue weighted by Crippen LogP contribution is -2.42. The van der Waals surface area contributed by atoms with Crippen LogP contribution in [0, 0.1) is 11.2 Å². The van der Waals surface area contributed by atoms with E-state index in [1.165, 1.54) is 12.1 Å². The lowest BCUT2D eigenvalue weighted by molar-refractivity contribution is -0.122. The van der Waals surface area contributed by atoms with Gasteiger partial charge in [0.2, 0.25) is 5.91 Å². The third-order valence-corrected chi connectivity index (χ3v) is 4.14. The zero-order chi connectivity index (χ0) is 15.7. The van der Waals surface area contributed by atoms with Crippen LogP contribution in [0.15, 0.2) is 42.6 Å². The van der Waals surface area contributed by atoms with Gasteiger partial charge in [0.05, 0.1) is 0 Å². The summed E-state index contributed by atoms with van der Waals surface area (Å²) in [6, 6.07) is 10.1. The maximum atomic E-state index is 13.0. The first-order chi connectivity index (χ1) is 10.4. The molecular formula is C18H19FN2O. The van der Waals surface area contributed by atoms with Crippen LogP contribution >= 0.6 is 0 Å². The number of carbonyl (C=O) groups is 1. The van der Waals surface area contributed by atoms with Crippen LogP contribution in [0.5, 0.6) is 0 Å². The Bertz CT molecular complexity index is 677. The smallest absolute Gasteiger partial charge is 0.228 e. The van der Waals surface area contributed by atoms with E-state index in [-0.39, 0.29) is 17.1 Å². The molecule has 1 amide bonds. The number of anilines is 1. The molecule has 0 N–H and O–H groups in total. The maximum Gasteiger partial charge on any atom is 0.228 e. The minimum absolute atomic E-state index is 0.0711. The molecule has 1 aliphatic rings. The Kier molecular flexibility index (Phi) is 3.69. The van der Waals surface area contributed by atoms with Crippen LogP contribution in [-0.2, 0) is 4.79 Å². The second-order valence-corrected chi connectivity index (χ2v) is 6.55. The molecule has 1 fully saturated rings. The third-order valence-electron chi connectivity index (χ3n) is 4.14. The van der Waals surface area contributed by atoms with Gasteiger partial charge in [-0.2, -0.15) is 0 Å². The number of carbonyl (C=O) groups excluding carboxylic acids is 1. The van der Waals surface area contributed by atoms with Crippen LogP contribution in [0.3, 0.4) is 0 Å². The number of hydrogen-bond acceptors (Lipinski definition) is 2. The van der Waals surface area contributed by atoms with Crippen molar-refractivity contribution < 1.29 is 9.18 Å². The molecule has 3 nitrogen and oxygen atoms in total. The molecule has 0 spiro atoms. The average Bonchev–Trinajstić information content (AvgIpc) is 2.48. The number of halogens is 1. The molecular weight excluding hydrogens is 279 g/mol. The summed E-state index contributed by atoms with van der Waals surface area (Å²) >= 11 is 0. The van der Waals surface area contributed by atoms with Crippen molar-refractivity contribution in [2.75, 3.05) is 11.4 Å². The number of pyridine rings is 1. The predicted octanol–water partition coefficient (Wildman–Crippen LogP) is 4.04. The minimum Gasteiger partial charge on any atom is -0.297 e. The fourth-order valence-electron chi connectivity index (χ4n) is 2.73. The second kappa shape index (κ2) is 5.52. The van der Waals surface area contributed by atoms with Gasteiger partial charge in [-0.1, -0.05) is 26.0 Å². The molecule has 0 atom stereocenters. The van der Waals surface area contributed by atoms with Gasteiger partial charge in [-0.15, -0.1) is 0 Å². The fraction of sp³-hybridized carbons (Fsp3) is 0.333. The summed E-state index contributed by atoms with van der Waals surface area (Å²) in [5, 5.41) is 0. The molecule has 0 bridgehead atoms. The second-order valence-electron chi connectivity index (χ2n) is 6.55. The van der Waals surface area contributed by atoms with E-state index >= 15 is 0 Å². The van der Waals surface area contributed by atoms with Crippen molar-refractivity contribution in [1.82, 2.24) is 4.98 Å². The normalized spacial score (nSPS) is 17.6. The molecule has 0 radical (unpaired) electrons. The lowest BCUT2D eigenvalue weighted by atomic mass is 9.82. The molecule has 114 valence electrons. The van der Waals surface area contributed by atoms with E-state index in [0.29, 0.717) is 18.8 Å². The van der Waals surface area contributed by atoms with Crippen molar-refractivity contribution in [3.63, 3.8) is 0 Å². The van der Waals surface area contributed by atoms with Crippen molar-refractivity contribution in [3.8, 4) is 11.1 Å². The maximum absolute atomic E-state index is 13.0. The first-order valence-corrected chi connectivity index (χ1v) is 7.47. The van der Waals surface area contributed by atoms with Crippen LogP contribution in [0.1, 0.15) is 26.7 Å². The Morgan fingerprint density at radius 1 is 1.09 bits per heavy atom. The Morgan fingerprint density at radius 3 is 2.36 bits per heavy atom. The predicted molar refractivity (Wildman–Crippen MR) is 85.0 cm³/mol. The van der Waals surface area contributed by atoms with Gasteiger partial charge in [0.15, 0.2) is 0 Å². The molecule has 0 unspecified atom stereocenters. The standard InChI is InChI=1S/C18H19FN2O/c1-18(2)9-10-21(17(22)11-18)16-8-5-14(12-20-16)13-3-6-15(19)7-4-13/h3-8,12H,9-11H2,1-2H3. The summed E-state index contributed by atoms with van der Waals surface area (Å²) in [5.74, 6) is 0.555. The van der Waals surface area contributed by atoms with Crippen LogP contribution in [0.25, 0.3) is 11.1 Å². The number of amides is 1. The van der Waals surface area contributed by atoms with Crippen LogP contribution in [-0.4, -0.2) is 17.4 Å². The number of aromatic nitrogens is 1. The molecule has 2 heterocycles. The van der Waals surface area contributed by atoms with E-state index in [9.17, 15) is 9.18 Å². The number of piperidine rings is 1. The summed E-state index contributed by atoms with van der Waals surface area (Å²) < 4.78 is 13.0. The molecule has 1 saturated heterocycles. The zero-order valence-corrected chi connectivity index (χ0v) is 12.8. The molecule has 1 aromatic heterocycles. The van der Waals surface area contributed by atoms with E-state index in [2.05, 4.69) is 18.8 Å². The highest BCUT2D eigenvalue weighted by atomic mass is 19.1. The summed E-state index contributed by atoms with van der Waals surface area (Å²) in [4.78, 5) is 18.4. The van der Waals surface area contributed by atoms with E-state index in [0.717, 1.165) is 17.5 Å². The lowest BCUT2D eigenvalue weighted by Gasteiger charge is -2.35. The van der Waals surface area contributed by atoms with Crippen LogP contribution in [0.4, 0.5) is 10.2 Å². The van der Waals surface area contributed by atoms with Crippen LogP contribution < -0.4 is 4.90 Å². The first-order valence-electron chi connectivity index (χ1n) is 7.47. The molecule has 22 heavy (non-hydrogen) atoms. The van der Waals surface area contributed by atoms with Crippen molar-refractivity contribution in [2.24, 2.45) is 5.41 Å². The van der Waals surface area contributed by atoms with Gasteiger partial charge in [0, 0.05) is 24.7 Å². The zero-order valence-electron chi connectivity index (χ0n) is 12.8. The van der Waals surface area contributed by atoms with Gasteiger partial charge in [-0.05, 0) is 41.7 Å². The van der Waals surface area contributed by atoms with Gasteiger partial charge in [0.1, 0.15) is 11.6 Å². The molecule has 2 aromatic rings. The molecule has 1 aliphatic heterocycles. The van der Waals surface area contributed by atoms with Gasteiger partial charge in [-0.3, -0.25) is 9.69 Å². The molecule has 3 rings (SSSR count). The van der Waals surface area contributed by atoms with Gasteiger partial charge < -0.3 is 0 Å². The van der Waals surface area contributed by atoms with E-state index in [4.69, 9.17) is 0 Å². The Labute approximate surface area is 129 Å². The molecule has 1 aromatic carbocycles. The monoisotopic (exact) mass is 298 g/mol. The number of rotatable bonds is 2. The van der Waals surface area contributed by atoms with Crippen molar-refractivity contribution in [3.05, 3.63) is 48.4 Å². The molecule has 0 saturated carbocycles. The Balaban J connectivity index is 1.80. The number of hydrogen-bond donors (Lipinski definition) is 0. The van der Waals surface area contributed by atoms with E-state index < -0.39 is 0 Å². The van der Waals surface area contributed by atoms with Crippen molar-refractivity contribution >= 4 is 11.7 Å². The highest BCUT2D eigenvalue weighted by Crippen LogP contribution is 2.32. The van der Waals surface area contributed by atoms with E-state index in [1.807, 2.05) is 12.1 Å².